The fraction of sp³-hybridized carbons (Fsp3) is 0.667. The third kappa shape index (κ3) is 7.40. The van der Waals surface area contributed by atoms with Gasteiger partial charge in [0.05, 0.1) is 36.8 Å². The predicted octanol–water partition coefficient (Wildman–Crippen LogP) is 4.84. The van der Waals surface area contributed by atoms with Crippen LogP contribution in [0.15, 0.2) is 11.8 Å². The Morgan fingerprint density at radius 1 is 0.704 bits per heavy atom. The summed E-state index contributed by atoms with van der Waals surface area (Å²) in [5.41, 5.74) is -0.0872. The lowest BCUT2D eigenvalue weighted by molar-refractivity contribution is 0.0107. The van der Waals surface area contributed by atoms with Gasteiger partial charge in [-0.25, -0.2) is 0 Å². The molecule has 0 atom stereocenters. The van der Waals surface area contributed by atoms with Gasteiger partial charge < -0.3 is 4.90 Å². The van der Waals surface area contributed by atoms with Gasteiger partial charge in [-0.15, -0.1) is 0 Å². The van der Waals surface area contributed by atoms with Crippen molar-refractivity contribution < 1.29 is 0 Å². The smallest absolute Gasteiger partial charge is 0.0664 e. The van der Waals surface area contributed by atoms with E-state index in [0.717, 1.165) is 5.70 Å². The van der Waals surface area contributed by atoms with E-state index in [9.17, 15) is 0 Å². The topological polar surface area (TPSA) is 122 Å². The van der Waals surface area contributed by atoms with Gasteiger partial charge in [-0.3, -0.25) is 0 Å². The standard InChI is InChI=1S/C21H28N6/c1-19(9-4-14-22)27(20(2,10-5-15-23)11-6-16-24)21(3,12-7-17-25)13-8-18-26/h9H,4-8,10-13H2,1-3H3/b19-9+. The van der Waals surface area contributed by atoms with Crippen molar-refractivity contribution in [1.29, 1.82) is 26.3 Å². The number of allylic oxidation sites excluding steroid dienone is 2. The van der Waals surface area contributed by atoms with E-state index < -0.39 is 11.1 Å². The van der Waals surface area contributed by atoms with Gasteiger partial charge in [-0.05, 0) is 46.5 Å². The number of nitrogens with zero attached hydrogens (tertiary/aromatic N) is 6. The van der Waals surface area contributed by atoms with Crippen LogP contribution in [0.4, 0.5) is 0 Å². The molecule has 0 aliphatic heterocycles. The minimum atomic E-state index is -0.485. The lowest BCUT2D eigenvalue weighted by atomic mass is 9.79. The number of hydrogen-bond acceptors (Lipinski definition) is 6. The second-order valence-electron chi connectivity index (χ2n) is 7.17. The molecule has 6 nitrogen and oxygen atoms in total. The Morgan fingerprint density at radius 3 is 1.30 bits per heavy atom. The molecule has 0 aromatic carbocycles. The van der Waals surface area contributed by atoms with Crippen molar-refractivity contribution in [2.45, 2.75) is 89.6 Å². The largest absolute Gasteiger partial charge is 0.364 e. The number of nitriles is 5. The molecule has 0 fully saturated rings. The molecule has 0 aromatic rings. The number of hydrogen-bond donors (Lipinski definition) is 0. The van der Waals surface area contributed by atoms with Gasteiger partial charge in [0, 0.05) is 42.5 Å². The quantitative estimate of drug-likeness (QED) is 0.488. The first-order chi connectivity index (χ1) is 12.8. The Labute approximate surface area is 163 Å². The summed E-state index contributed by atoms with van der Waals surface area (Å²) in [5, 5.41) is 45.5. The minimum absolute atomic E-state index is 0.251. The average molecular weight is 364 g/mol. The summed E-state index contributed by atoms with van der Waals surface area (Å²) in [6.07, 6.45) is 5.74. The van der Waals surface area contributed by atoms with Crippen LogP contribution in [0.3, 0.4) is 0 Å². The summed E-state index contributed by atoms with van der Waals surface area (Å²) in [6.45, 7) is 5.98. The minimum Gasteiger partial charge on any atom is -0.364 e. The lowest BCUT2D eigenvalue weighted by Crippen LogP contribution is -2.57. The first-order valence-electron chi connectivity index (χ1n) is 9.17. The third-order valence-corrected chi connectivity index (χ3v) is 5.02. The second-order valence-corrected chi connectivity index (χ2v) is 7.17. The maximum Gasteiger partial charge on any atom is 0.0664 e. The van der Waals surface area contributed by atoms with Gasteiger partial charge in [0.2, 0.25) is 0 Å². The molecule has 0 unspecified atom stereocenters. The molecular formula is C21H28N6. The summed E-state index contributed by atoms with van der Waals surface area (Å²) >= 11 is 0. The van der Waals surface area contributed by atoms with Gasteiger partial charge >= 0.3 is 0 Å². The van der Waals surface area contributed by atoms with Crippen LogP contribution in [-0.2, 0) is 0 Å². The summed E-state index contributed by atoms with van der Waals surface area (Å²) in [7, 11) is 0. The highest BCUT2D eigenvalue weighted by Crippen LogP contribution is 2.41. The third-order valence-electron chi connectivity index (χ3n) is 5.02. The highest BCUT2D eigenvalue weighted by Gasteiger charge is 2.42. The van der Waals surface area contributed by atoms with Crippen LogP contribution in [-0.4, -0.2) is 16.0 Å². The number of rotatable bonds is 12. The molecule has 0 aliphatic rings. The Kier molecular flexibility index (Phi) is 11.0. The first-order valence-corrected chi connectivity index (χ1v) is 9.17. The fourth-order valence-electron chi connectivity index (χ4n) is 3.79. The highest BCUT2D eigenvalue weighted by atomic mass is 15.3. The van der Waals surface area contributed by atoms with E-state index in [1.54, 1.807) is 0 Å². The van der Waals surface area contributed by atoms with Crippen LogP contribution in [0.5, 0.6) is 0 Å². The van der Waals surface area contributed by atoms with Crippen LogP contribution in [0.2, 0.25) is 0 Å². The van der Waals surface area contributed by atoms with Crippen molar-refractivity contribution in [1.82, 2.24) is 4.90 Å². The molecule has 0 radical (unpaired) electrons. The first kappa shape index (κ1) is 24.0. The van der Waals surface area contributed by atoms with Gasteiger partial charge in [-0.2, -0.15) is 26.3 Å². The molecular weight excluding hydrogens is 336 g/mol. The van der Waals surface area contributed by atoms with E-state index in [0.29, 0.717) is 51.4 Å². The van der Waals surface area contributed by atoms with Crippen LogP contribution in [0.1, 0.15) is 78.6 Å². The van der Waals surface area contributed by atoms with Crippen LogP contribution >= 0.6 is 0 Å². The van der Waals surface area contributed by atoms with Crippen molar-refractivity contribution in [2.75, 3.05) is 0 Å². The molecule has 0 bridgehead atoms. The summed E-state index contributed by atoms with van der Waals surface area (Å²) < 4.78 is 0. The van der Waals surface area contributed by atoms with E-state index in [1.807, 2.05) is 26.8 Å². The zero-order valence-corrected chi connectivity index (χ0v) is 16.6. The molecule has 27 heavy (non-hydrogen) atoms. The molecule has 0 amide bonds. The zero-order valence-electron chi connectivity index (χ0n) is 16.6. The fourth-order valence-corrected chi connectivity index (χ4v) is 3.79. The SMILES string of the molecule is C/C(=C\CC#N)N(C(C)(CCC#N)CCC#N)C(C)(CCC#N)CCC#N. The van der Waals surface area contributed by atoms with Gasteiger partial charge in [0.15, 0.2) is 0 Å². The van der Waals surface area contributed by atoms with E-state index in [-0.39, 0.29) is 6.42 Å². The lowest BCUT2D eigenvalue weighted by Gasteiger charge is -2.54. The van der Waals surface area contributed by atoms with Crippen molar-refractivity contribution in [3.05, 3.63) is 11.8 Å². The maximum atomic E-state index is 9.13. The van der Waals surface area contributed by atoms with Gasteiger partial charge in [0.1, 0.15) is 0 Å². The van der Waals surface area contributed by atoms with Crippen LogP contribution < -0.4 is 0 Å². The molecule has 0 spiro atoms. The molecule has 0 aliphatic carbocycles. The van der Waals surface area contributed by atoms with E-state index in [4.69, 9.17) is 26.3 Å². The summed E-state index contributed by atoms with van der Waals surface area (Å²) in [6, 6.07) is 10.9. The summed E-state index contributed by atoms with van der Waals surface area (Å²) in [5.74, 6) is 0. The molecule has 0 saturated heterocycles. The predicted molar refractivity (Wildman–Crippen MR) is 102 cm³/mol. The van der Waals surface area contributed by atoms with Crippen LogP contribution in [0, 0.1) is 56.7 Å². The monoisotopic (exact) mass is 364 g/mol. The Morgan fingerprint density at radius 2 is 1.04 bits per heavy atom. The maximum absolute atomic E-state index is 9.13. The van der Waals surface area contributed by atoms with Crippen molar-refractivity contribution in [3.63, 3.8) is 0 Å². The Hall–Kier alpha value is -3.01. The van der Waals surface area contributed by atoms with E-state index in [2.05, 4.69) is 35.2 Å². The molecule has 142 valence electrons. The molecule has 0 aromatic heterocycles. The Balaban J connectivity index is 6.32. The molecule has 0 N–H and O–H groups in total. The summed E-state index contributed by atoms with van der Waals surface area (Å²) in [4.78, 5) is 2.18. The molecule has 0 rings (SSSR count). The van der Waals surface area contributed by atoms with Crippen molar-refractivity contribution >= 4 is 0 Å². The molecule has 0 saturated carbocycles. The normalized spacial score (nSPS) is 11.4. The average Bonchev–Trinajstić information content (AvgIpc) is 2.66. The van der Waals surface area contributed by atoms with E-state index >= 15 is 0 Å². The van der Waals surface area contributed by atoms with Crippen LogP contribution in [0.25, 0.3) is 0 Å². The Bertz CT molecular complexity index is 619. The second kappa shape index (κ2) is 12.4. The van der Waals surface area contributed by atoms with Crippen molar-refractivity contribution in [2.24, 2.45) is 0 Å². The molecule has 6 heteroatoms. The van der Waals surface area contributed by atoms with Gasteiger partial charge in [0.25, 0.3) is 0 Å². The molecule has 0 heterocycles. The highest BCUT2D eigenvalue weighted by molar-refractivity contribution is 5.14. The van der Waals surface area contributed by atoms with Gasteiger partial charge in [-0.1, -0.05) is 6.08 Å². The van der Waals surface area contributed by atoms with E-state index in [1.165, 1.54) is 0 Å². The zero-order chi connectivity index (χ0) is 20.8. The van der Waals surface area contributed by atoms with Crippen molar-refractivity contribution in [3.8, 4) is 30.3 Å².